The SMILES string of the molecule is Cc1nc(N)nc(NC2CCC(C)C2C)c1[N+](=O)[O-]. The maximum absolute atomic E-state index is 11.1. The minimum Gasteiger partial charge on any atom is -0.368 e. The molecule has 1 aromatic heterocycles. The predicted molar refractivity (Wildman–Crippen MR) is 72.8 cm³/mol. The van der Waals surface area contributed by atoms with Gasteiger partial charge in [0, 0.05) is 6.04 Å². The van der Waals surface area contributed by atoms with E-state index in [0.29, 0.717) is 17.5 Å². The Balaban J connectivity index is 2.32. The average molecular weight is 265 g/mol. The van der Waals surface area contributed by atoms with Crippen molar-refractivity contribution in [1.29, 1.82) is 0 Å². The molecule has 2 rings (SSSR count). The minimum absolute atomic E-state index is 0.0595. The van der Waals surface area contributed by atoms with Crippen molar-refractivity contribution in [3.63, 3.8) is 0 Å². The van der Waals surface area contributed by atoms with Crippen molar-refractivity contribution in [2.45, 2.75) is 39.7 Å². The van der Waals surface area contributed by atoms with E-state index in [1.54, 1.807) is 6.92 Å². The van der Waals surface area contributed by atoms with E-state index < -0.39 is 4.92 Å². The summed E-state index contributed by atoms with van der Waals surface area (Å²) in [6.07, 6.45) is 2.11. The first-order valence-electron chi connectivity index (χ1n) is 6.45. The molecule has 0 bridgehead atoms. The highest BCUT2D eigenvalue weighted by molar-refractivity contribution is 5.60. The molecule has 1 fully saturated rings. The average Bonchev–Trinajstić information content (AvgIpc) is 2.59. The van der Waals surface area contributed by atoms with Gasteiger partial charge in [0.05, 0.1) is 4.92 Å². The van der Waals surface area contributed by atoms with Crippen LogP contribution >= 0.6 is 0 Å². The number of nitrogen functional groups attached to an aromatic ring is 1. The van der Waals surface area contributed by atoms with Gasteiger partial charge in [-0.3, -0.25) is 10.1 Å². The van der Waals surface area contributed by atoms with Crippen LogP contribution in [0.2, 0.25) is 0 Å². The van der Waals surface area contributed by atoms with E-state index in [-0.39, 0.29) is 23.5 Å². The molecule has 7 nitrogen and oxygen atoms in total. The topological polar surface area (TPSA) is 107 Å². The molecule has 19 heavy (non-hydrogen) atoms. The Morgan fingerprint density at radius 2 is 2.05 bits per heavy atom. The normalized spacial score (nSPS) is 26.4. The number of nitrogens with two attached hydrogens (primary N) is 1. The van der Waals surface area contributed by atoms with Gasteiger partial charge in [-0.25, -0.2) is 4.98 Å². The van der Waals surface area contributed by atoms with Crippen LogP contribution in [0.1, 0.15) is 32.4 Å². The second kappa shape index (κ2) is 4.99. The third-order valence-electron chi connectivity index (χ3n) is 4.05. The maximum atomic E-state index is 11.1. The zero-order valence-electron chi connectivity index (χ0n) is 11.4. The molecule has 3 atom stereocenters. The minimum atomic E-state index is -0.458. The summed E-state index contributed by atoms with van der Waals surface area (Å²) in [5.41, 5.74) is 5.79. The van der Waals surface area contributed by atoms with Crippen LogP contribution in [0.4, 0.5) is 17.5 Å². The van der Waals surface area contributed by atoms with E-state index in [0.717, 1.165) is 12.8 Å². The fourth-order valence-corrected chi connectivity index (χ4v) is 2.65. The molecule has 1 saturated carbocycles. The van der Waals surface area contributed by atoms with Crippen molar-refractivity contribution < 1.29 is 4.92 Å². The van der Waals surface area contributed by atoms with E-state index in [2.05, 4.69) is 29.1 Å². The van der Waals surface area contributed by atoms with Crippen LogP contribution in [0.3, 0.4) is 0 Å². The lowest BCUT2D eigenvalue weighted by Crippen LogP contribution is -2.25. The molecule has 0 radical (unpaired) electrons. The molecule has 1 aliphatic carbocycles. The number of hydrogen-bond donors (Lipinski definition) is 2. The molecular formula is C12H19N5O2. The molecule has 3 unspecified atom stereocenters. The van der Waals surface area contributed by atoms with E-state index >= 15 is 0 Å². The molecule has 0 spiro atoms. The first-order valence-corrected chi connectivity index (χ1v) is 6.45. The molecule has 0 amide bonds. The smallest absolute Gasteiger partial charge is 0.332 e. The van der Waals surface area contributed by atoms with E-state index in [1.165, 1.54) is 0 Å². The summed E-state index contributed by atoms with van der Waals surface area (Å²) >= 11 is 0. The molecule has 7 heteroatoms. The predicted octanol–water partition coefficient (Wildman–Crippen LogP) is 2.12. The summed E-state index contributed by atoms with van der Waals surface area (Å²) in [5.74, 6) is 1.36. The van der Waals surface area contributed by atoms with E-state index in [9.17, 15) is 10.1 Å². The lowest BCUT2D eigenvalue weighted by molar-refractivity contribution is -0.385. The van der Waals surface area contributed by atoms with Gasteiger partial charge in [-0.2, -0.15) is 4.98 Å². The summed E-state index contributed by atoms with van der Waals surface area (Å²) in [4.78, 5) is 18.5. The monoisotopic (exact) mass is 265 g/mol. The summed E-state index contributed by atoms with van der Waals surface area (Å²) in [6, 6.07) is 0.197. The third-order valence-corrected chi connectivity index (χ3v) is 4.05. The van der Waals surface area contributed by atoms with Gasteiger partial charge in [-0.15, -0.1) is 0 Å². The summed E-state index contributed by atoms with van der Waals surface area (Å²) < 4.78 is 0. The van der Waals surface area contributed by atoms with Crippen molar-refractivity contribution in [3.05, 3.63) is 15.8 Å². The molecule has 0 aliphatic heterocycles. The number of anilines is 2. The molecule has 1 aliphatic rings. The number of nitrogens with one attached hydrogen (secondary N) is 1. The van der Waals surface area contributed by atoms with Crippen molar-refractivity contribution in [1.82, 2.24) is 9.97 Å². The Morgan fingerprint density at radius 1 is 1.37 bits per heavy atom. The number of nitro groups is 1. The number of hydrogen-bond acceptors (Lipinski definition) is 6. The van der Waals surface area contributed by atoms with Gasteiger partial charge < -0.3 is 11.1 Å². The highest BCUT2D eigenvalue weighted by Crippen LogP contribution is 2.35. The molecule has 1 heterocycles. The molecule has 3 N–H and O–H groups in total. The number of aryl methyl sites for hydroxylation is 1. The summed E-state index contributed by atoms with van der Waals surface area (Å²) in [7, 11) is 0. The third kappa shape index (κ3) is 2.59. The largest absolute Gasteiger partial charge is 0.368 e. The number of rotatable bonds is 3. The van der Waals surface area contributed by atoms with Crippen molar-refractivity contribution in [2.24, 2.45) is 11.8 Å². The lowest BCUT2D eigenvalue weighted by atomic mass is 9.98. The van der Waals surface area contributed by atoms with Crippen LogP contribution in [-0.2, 0) is 0 Å². The molecule has 1 aromatic rings. The Hall–Kier alpha value is -1.92. The van der Waals surface area contributed by atoms with Crippen LogP contribution in [0.15, 0.2) is 0 Å². The molecule has 0 saturated heterocycles. The Labute approximate surface area is 111 Å². The Bertz CT molecular complexity index is 505. The summed E-state index contributed by atoms with van der Waals surface area (Å²) in [5, 5.41) is 14.3. The molecular weight excluding hydrogens is 246 g/mol. The van der Waals surface area contributed by atoms with Gasteiger partial charge in [-0.1, -0.05) is 13.8 Å². The van der Waals surface area contributed by atoms with Crippen molar-refractivity contribution in [3.8, 4) is 0 Å². The second-order valence-corrected chi connectivity index (χ2v) is 5.29. The summed E-state index contributed by atoms with van der Waals surface area (Å²) in [6.45, 7) is 5.92. The fraction of sp³-hybridized carbons (Fsp3) is 0.667. The highest BCUT2D eigenvalue weighted by atomic mass is 16.6. The Morgan fingerprint density at radius 3 is 2.58 bits per heavy atom. The van der Waals surface area contributed by atoms with Gasteiger partial charge in [-0.05, 0) is 31.6 Å². The van der Waals surface area contributed by atoms with Gasteiger partial charge in [0.25, 0.3) is 0 Å². The van der Waals surface area contributed by atoms with Crippen LogP contribution in [-0.4, -0.2) is 20.9 Å². The van der Waals surface area contributed by atoms with E-state index in [4.69, 9.17) is 5.73 Å². The quantitative estimate of drug-likeness (QED) is 0.640. The first kappa shape index (κ1) is 13.5. The zero-order valence-corrected chi connectivity index (χ0v) is 11.4. The zero-order chi connectivity index (χ0) is 14.2. The lowest BCUT2D eigenvalue weighted by Gasteiger charge is -2.20. The first-order chi connectivity index (χ1) is 8.90. The van der Waals surface area contributed by atoms with Gasteiger partial charge in [0.1, 0.15) is 5.69 Å². The fourth-order valence-electron chi connectivity index (χ4n) is 2.65. The van der Waals surface area contributed by atoms with E-state index in [1.807, 2.05) is 0 Å². The van der Waals surface area contributed by atoms with Crippen LogP contribution in [0.5, 0.6) is 0 Å². The Kier molecular flexibility index (Phi) is 3.55. The number of nitrogens with zero attached hydrogens (tertiary/aromatic N) is 3. The van der Waals surface area contributed by atoms with Crippen LogP contribution < -0.4 is 11.1 Å². The van der Waals surface area contributed by atoms with Crippen molar-refractivity contribution in [2.75, 3.05) is 11.1 Å². The standard InChI is InChI=1S/C12H19N5O2/c1-6-4-5-9(7(6)2)15-11-10(17(18)19)8(3)14-12(13)16-11/h6-7,9H,4-5H2,1-3H3,(H3,13,14,15,16). The molecule has 0 aromatic carbocycles. The van der Waals surface area contributed by atoms with Crippen molar-refractivity contribution >= 4 is 17.5 Å². The van der Waals surface area contributed by atoms with Gasteiger partial charge in [0.2, 0.25) is 11.8 Å². The maximum Gasteiger partial charge on any atom is 0.332 e. The van der Waals surface area contributed by atoms with Gasteiger partial charge in [0.15, 0.2) is 0 Å². The second-order valence-electron chi connectivity index (χ2n) is 5.29. The van der Waals surface area contributed by atoms with Crippen LogP contribution in [0, 0.1) is 28.9 Å². The van der Waals surface area contributed by atoms with Crippen LogP contribution in [0.25, 0.3) is 0 Å². The molecule has 104 valence electrons. The highest BCUT2D eigenvalue weighted by Gasteiger charge is 2.32. The number of aromatic nitrogens is 2. The van der Waals surface area contributed by atoms with Gasteiger partial charge >= 0.3 is 5.69 Å².